The van der Waals surface area contributed by atoms with E-state index in [1.54, 1.807) is 31.2 Å². The summed E-state index contributed by atoms with van der Waals surface area (Å²) in [7, 11) is 1.52. The van der Waals surface area contributed by atoms with Gasteiger partial charge in [-0.2, -0.15) is 0 Å². The van der Waals surface area contributed by atoms with E-state index >= 15 is 0 Å². The Kier molecular flexibility index (Phi) is 5.49. The Morgan fingerprint density at radius 1 is 1.00 bits per heavy atom. The van der Waals surface area contributed by atoms with Gasteiger partial charge in [0.15, 0.2) is 0 Å². The molecule has 0 fully saturated rings. The highest BCUT2D eigenvalue weighted by atomic mass is 16.2. The minimum Gasteiger partial charge on any atom is -0.324 e. The second-order valence-corrected chi connectivity index (χ2v) is 7.20. The molecule has 0 spiro atoms. The van der Waals surface area contributed by atoms with Gasteiger partial charge in [-0.15, -0.1) is 0 Å². The Bertz CT molecular complexity index is 1350. The van der Waals surface area contributed by atoms with Gasteiger partial charge in [-0.1, -0.05) is 55.5 Å². The predicted molar refractivity (Wildman–Crippen MR) is 122 cm³/mol. The van der Waals surface area contributed by atoms with Crippen molar-refractivity contribution in [3.05, 3.63) is 77.1 Å². The number of benzene rings is 3. The predicted octanol–water partition coefficient (Wildman–Crippen LogP) is 3.56. The van der Waals surface area contributed by atoms with Crippen molar-refractivity contribution in [2.45, 2.75) is 19.9 Å². The average Bonchev–Trinajstić information content (AvgIpc) is 2.80. The third-order valence-electron chi connectivity index (χ3n) is 5.20. The minimum absolute atomic E-state index is 0.00325. The highest BCUT2D eigenvalue weighted by Gasteiger charge is 2.19. The molecule has 0 saturated heterocycles. The van der Waals surface area contributed by atoms with E-state index in [2.05, 4.69) is 10.3 Å². The summed E-state index contributed by atoms with van der Waals surface area (Å²) in [4.78, 5) is 43.9. The molecular weight excluding hydrogens is 392 g/mol. The Hall–Kier alpha value is -4.00. The van der Waals surface area contributed by atoms with Crippen molar-refractivity contribution in [3.8, 4) is 0 Å². The van der Waals surface area contributed by atoms with Crippen LogP contribution < -0.4 is 15.8 Å². The lowest BCUT2D eigenvalue weighted by Gasteiger charge is -2.18. The van der Waals surface area contributed by atoms with E-state index in [4.69, 9.17) is 0 Å². The Balaban J connectivity index is 1.73. The maximum absolute atomic E-state index is 13.2. The summed E-state index contributed by atoms with van der Waals surface area (Å²) >= 11 is 0. The van der Waals surface area contributed by atoms with Gasteiger partial charge in [0.2, 0.25) is 17.6 Å². The smallest absolute Gasteiger partial charge is 0.294 e. The number of anilines is 2. The first-order valence-corrected chi connectivity index (χ1v) is 10.0. The Morgan fingerprint density at radius 3 is 2.52 bits per heavy atom. The van der Waals surface area contributed by atoms with Crippen LogP contribution in [0.4, 0.5) is 11.5 Å². The van der Waals surface area contributed by atoms with Crippen LogP contribution in [0.25, 0.3) is 21.8 Å². The molecule has 0 saturated carbocycles. The zero-order valence-electron chi connectivity index (χ0n) is 17.3. The zero-order valence-corrected chi connectivity index (χ0v) is 17.3. The number of hydrogen-bond acceptors (Lipinski definition) is 4. The lowest BCUT2D eigenvalue weighted by Crippen LogP contribution is -2.36. The maximum Gasteiger partial charge on any atom is 0.294 e. The first-order chi connectivity index (χ1) is 15.0. The number of aromatic nitrogens is 2. The molecule has 0 bridgehead atoms. The summed E-state index contributed by atoms with van der Waals surface area (Å²) in [5.41, 5.74) is 1.25. The van der Waals surface area contributed by atoms with Crippen LogP contribution in [0.3, 0.4) is 0 Å². The van der Waals surface area contributed by atoms with Crippen LogP contribution in [0.2, 0.25) is 0 Å². The van der Waals surface area contributed by atoms with Gasteiger partial charge in [0.1, 0.15) is 6.54 Å². The molecule has 0 atom stereocenters. The van der Waals surface area contributed by atoms with Crippen molar-refractivity contribution in [2.24, 2.45) is 0 Å². The third-order valence-corrected chi connectivity index (χ3v) is 5.20. The molecule has 4 aromatic rings. The molecule has 0 unspecified atom stereocenters. The van der Waals surface area contributed by atoms with Crippen molar-refractivity contribution in [1.29, 1.82) is 0 Å². The van der Waals surface area contributed by atoms with Crippen LogP contribution in [0.1, 0.15) is 13.3 Å². The number of nitrogens with one attached hydrogen (secondary N) is 1. The van der Waals surface area contributed by atoms with Gasteiger partial charge in [-0.05, 0) is 23.6 Å². The van der Waals surface area contributed by atoms with E-state index in [1.165, 1.54) is 16.5 Å². The van der Waals surface area contributed by atoms with Gasteiger partial charge in [-0.25, -0.2) is 4.98 Å². The summed E-state index contributed by atoms with van der Waals surface area (Å²) in [6.07, 6.45) is 0.242. The number of fused-ring (bicyclic) bond motifs is 2. The normalized spacial score (nSPS) is 10.9. The quantitative estimate of drug-likeness (QED) is 0.541. The summed E-state index contributed by atoms with van der Waals surface area (Å²) in [5, 5.41) is 4.83. The highest BCUT2D eigenvalue weighted by molar-refractivity contribution is 6.02. The summed E-state index contributed by atoms with van der Waals surface area (Å²) in [5.74, 6) is -0.569. The first kappa shape index (κ1) is 20.3. The van der Waals surface area contributed by atoms with Crippen LogP contribution in [-0.4, -0.2) is 28.4 Å². The van der Waals surface area contributed by atoms with E-state index in [9.17, 15) is 14.4 Å². The van der Waals surface area contributed by atoms with Gasteiger partial charge in [0, 0.05) is 24.5 Å². The van der Waals surface area contributed by atoms with Crippen LogP contribution in [0.5, 0.6) is 0 Å². The molecule has 4 rings (SSSR count). The standard InChI is InChI=1S/C24H22N4O3/c1-3-22(30)27(2)23-24(31)28(20-14-7-6-12-19(20)26-23)15-21(29)25-18-13-8-10-16-9-4-5-11-17(16)18/h4-14H,3,15H2,1-2H3,(H,25,29). The number of hydrogen-bond donors (Lipinski definition) is 1. The summed E-state index contributed by atoms with van der Waals surface area (Å²) < 4.78 is 1.36. The Labute approximate surface area is 178 Å². The van der Waals surface area contributed by atoms with Crippen molar-refractivity contribution in [3.63, 3.8) is 0 Å². The molecule has 7 heteroatoms. The molecule has 3 aromatic carbocycles. The number of rotatable bonds is 5. The van der Waals surface area contributed by atoms with Gasteiger partial charge in [-0.3, -0.25) is 23.9 Å². The second-order valence-electron chi connectivity index (χ2n) is 7.20. The van der Waals surface area contributed by atoms with Crippen LogP contribution >= 0.6 is 0 Å². The number of amides is 2. The number of nitrogens with zero attached hydrogens (tertiary/aromatic N) is 3. The van der Waals surface area contributed by atoms with Crippen molar-refractivity contribution < 1.29 is 9.59 Å². The average molecular weight is 414 g/mol. The fourth-order valence-corrected chi connectivity index (χ4v) is 3.58. The fourth-order valence-electron chi connectivity index (χ4n) is 3.58. The molecule has 0 aliphatic heterocycles. The van der Waals surface area contributed by atoms with Gasteiger partial charge < -0.3 is 5.32 Å². The SMILES string of the molecule is CCC(=O)N(C)c1nc2ccccc2n(CC(=O)Nc2cccc3ccccc23)c1=O. The molecule has 7 nitrogen and oxygen atoms in total. The molecule has 31 heavy (non-hydrogen) atoms. The van der Waals surface area contributed by atoms with E-state index in [0.717, 1.165) is 10.8 Å². The molecule has 156 valence electrons. The molecule has 0 aliphatic rings. The molecular formula is C24H22N4O3. The largest absolute Gasteiger partial charge is 0.324 e. The van der Waals surface area contributed by atoms with Crippen LogP contribution in [-0.2, 0) is 16.1 Å². The van der Waals surface area contributed by atoms with Gasteiger partial charge in [0.05, 0.1) is 11.0 Å². The van der Waals surface area contributed by atoms with Crippen molar-refractivity contribution in [2.75, 3.05) is 17.3 Å². The van der Waals surface area contributed by atoms with E-state index in [-0.39, 0.29) is 30.6 Å². The molecule has 0 aliphatic carbocycles. The first-order valence-electron chi connectivity index (χ1n) is 10.0. The van der Waals surface area contributed by atoms with E-state index in [1.807, 2.05) is 42.5 Å². The summed E-state index contributed by atoms with van der Waals surface area (Å²) in [6.45, 7) is 1.52. The van der Waals surface area contributed by atoms with Crippen LogP contribution in [0, 0.1) is 0 Å². The zero-order chi connectivity index (χ0) is 22.0. The molecule has 1 N–H and O–H groups in total. The van der Waals surface area contributed by atoms with Crippen LogP contribution in [0.15, 0.2) is 71.5 Å². The molecule has 1 heterocycles. The second kappa shape index (κ2) is 8.39. The topological polar surface area (TPSA) is 84.3 Å². The third kappa shape index (κ3) is 3.90. The van der Waals surface area contributed by atoms with Crippen molar-refractivity contribution in [1.82, 2.24) is 9.55 Å². The Morgan fingerprint density at radius 2 is 1.71 bits per heavy atom. The van der Waals surface area contributed by atoms with E-state index < -0.39 is 5.56 Å². The molecule has 1 aromatic heterocycles. The molecule has 2 amide bonds. The number of carbonyl (C=O) groups excluding carboxylic acids is 2. The maximum atomic E-state index is 13.2. The van der Waals surface area contributed by atoms with E-state index in [0.29, 0.717) is 16.7 Å². The fraction of sp³-hybridized carbons (Fsp3) is 0.167. The lowest BCUT2D eigenvalue weighted by atomic mass is 10.1. The summed E-state index contributed by atoms with van der Waals surface area (Å²) in [6, 6.07) is 20.5. The highest BCUT2D eigenvalue weighted by Crippen LogP contribution is 2.23. The minimum atomic E-state index is -0.490. The molecule has 0 radical (unpaired) electrons. The van der Waals surface area contributed by atoms with Gasteiger partial charge >= 0.3 is 0 Å². The van der Waals surface area contributed by atoms with Gasteiger partial charge in [0.25, 0.3) is 5.56 Å². The number of carbonyl (C=O) groups is 2. The number of para-hydroxylation sites is 2. The lowest BCUT2D eigenvalue weighted by molar-refractivity contribution is -0.118. The monoisotopic (exact) mass is 414 g/mol. The van der Waals surface area contributed by atoms with Crippen molar-refractivity contribution >= 4 is 45.1 Å².